The second kappa shape index (κ2) is 7.32. The summed E-state index contributed by atoms with van der Waals surface area (Å²) in [5, 5.41) is -0.0479. The Morgan fingerprint density at radius 3 is 2.38 bits per heavy atom. The first kappa shape index (κ1) is 16.4. The van der Waals surface area contributed by atoms with Gasteiger partial charge in [0.25, 0.3) is 0 Å². The quantitative estimate of drug-likeness (QED) is 0.869. The fourth-order valence-corrected chi connectivity index (χ4v) is 3.80. The Bertz CT molecular complexity index is 466. The van der Waals surface area contributed by atoms with Crippen molar-refractivity contribution < 1.29 is 4.79 Å². The molecule has 4 heteroatoms. The Morgan fingerprint density at radius 1 is 1.24 bits per heavy atom. The third-order valence-corrected chi connectivity index (χ3v) is 5.42. The fourth-order valence-electron chi connectivity index (χ4n) is 2.83. The van der Waals surface area contributed by atoms with Crippen molar-refractivity contribution in [3.05, 3.63) is 29.8 Å². The van der Waals surface area contributed by atoms with E-state index in [4.69, 9.17) is 5.73 Å². The lowest BCUT2D eigenvalue weighted by atomic mass is 9.91. The van der Waals surface area contributed by atoms with Gasteiger partial charge in [-0.3, -0.25) is 4.79 Å². The SMILES string of the molecule is Cc1ccc(SC(C)C(=O)N(C)C2CCC(N)CC2)cc1. The van der Waals surface area contributed by atoms with Gasteiger partial charge in [0.05, 0.1) is 5.25 Å². The summed E-state index contributed by atoms with van der Waals surface area (Å²) in [7, 11) is 1.94. The van der Waals surface area contributed by atoms with Gasteiger partial charge in [-0.15, -0.1) is 11.8 Å². The van der Waals surface area contributed by atoms with Crippen LogP contribution in [0.2, 0.25) is 0 Å². The van der Waals surface area contributed by atoms with Gasteiger partial charge in [0.2, 0.25) is 5.91 Å². The van der Waals surface area contributed by atoms with Crippen LogP contribution in [0.1, 0.15) is 38.2 Å². The number of aryl methyl sites for hydroxylation is 1. The van der Waals surface area contributed by atoms with Crippen molar-refractivity contribution in [2.75, 3.05) is 7.05 Å². The first-order valence-electron chi connectivity index (χ1n) is 7.73. The molecule has 2 rings (SSSR count). The van der Waals surface area contributed by atoms with E-state index >= 15 is 0 Å². The van der Waals surface area contributed by atoms with Crippen molar-refractivity contribution in [2.24, 2.45) is 5.73 Å². The van der Waals surface area contributed by atoms with E-state index in [0.29, 0.717) is 12.1 Å². The van der Waals surface area contributed by atoms with Gasteiger partial charge in [0.1, 0.15) is 0 Å². The minimum Gasteiger partial charge on any atom is -0.342 e. The van der Waals surface area contributed by atoms with Gasteiger partial charge in [-0.25, -0.2) is 0 Å². The molecule has 1 fully saturated rings. The Labute approximate surface area is 132 Å². The highest BCUT2D eigenvalue weighted by Gasteiger charge is 2.27. The zero-order valence-electron chi connectivity index (χ0n) is 13.2. The van der Waals surface area contributed by atoms with Crippen LogP contribution in [0.25, 0.3) is 0 Å². The normalized spacial score (nSPS) is 23.6. The number of thioether (sulfide) groups is 1. The first-order chi connectivity index (χ1) is 9.97. The van der Waals surface area contributed by atoms with E-state index in [9.17, 15) is 4.79 Å². The molecule has 1 aromatic rings. The number of carbonyl (C=O) groups is 1. The van der Waals surface area contributed by atoms with E-state index in [2.05, 4.69) is 31.2 Å². The van der Waals surface area contributed by atoms with E-state index in [1.165, 1.54) is 5.56 Å². The van der Waals surface area contributed by atoms with E-state index in [-0.39, 0.29) is 11.2 Å². The highest BCUT2D eigenvalue weighted by Crippen LogP contribution is 2.27. The molecular weight excluding hydrogens is 280 g/mol. The number of hydrogen-bond acceptors (Lipinski definition) is 3. The topological polar surface area (TPSA) is 46.3 Å². The van der Waals surface area contributed by atoms with Crippen LogP contribution in [0.3, 0.4) is 0 Å². The Morgan fingerprint density at radius 2 is 1.81 bits per heavy atom. The maximum Gasteiger partial charge on any atom is 0.235 e. The van der Waals surface area contributed by atoms with Crippen LogP contribution in [0.15, 0.2) is 29.2 Å². The molecule has 1 aliphatic carbocycles. The summed E-state index contributed by atoms with van der Waals surface area (Å²) in [6.45, 7) is 4.07. The number of nitrogens with zero attached hydrogens (tertiary/aromatic N) is 1. The van der Waals surface area contributed by atoms with Crippen molar-refractivity contribution >= 4 is 17.7 Å². The molecule has 21 heavy (non-hydrogen) atoms. The van der Waals surface area contributed by atoms with Crippen molar-refractivity contribution in [3.63, 3.8) is 0 Å². The van der Waals surface area contributed by atoms with Gasteiger partial charge >= 0.3 is 0 Å². The molecule has 1 amide bonds. The zero-order chi connectivity index (χ0) is 15.4. The molecule has 0 heterocycles. The van der Waals surface area contributed by atoms with Gasteiger partial charge in [0, 0.05) is 24.0 Å². The molecule has 1 aliphatic rings. The van der Waals surface area contributed by atoms with Crippen molar-refractivity contribution in [2.45, 2.75) is 61.8 Å². The van der Waals surface area contributed by atoms with Crippen LogP contribution in [-0.4, -0.2) is 35.2 Å². The van der Waals surface area contributed by atoms with Crippen molar-refractivity contribution in [3.8, 4) is 0 Å². The molecule has 1 unspecified atom stereocenters. The monoisotopic (exact) mass is 306 g/mol. The summed E-state index contributed by atoms with van der Waals surface area (Å²) < 4.78 is 0. The number of hydrogen-bond donors (Lipinski definition) is 1. The van der Waals surface area contributed by atoms with Crippen LogP contribution in [0, 0.1) is 6.92 Å². The van der Waals surface area contributed by atoms with Crippen LogP contribution >= 0.6 is 11.8 Å². The van der Waals surface area contributed by atoms with Gasteiger partial charge in [0.15, 0.2) is 0 Å². The van der Waals surface area contributed by atoms with Crippen LogP contribution in [0.4, 0.5) is 0 Å². The largest absolute Gasteiger partial charge is 0.342 e. The Balaban J connectivity index is 1.90. The summed E-state index contributed by atoms with van der Waals surface area (Å²) in [5.74, 6) is 0.223. The van der Waals surface area contributed by atoms with E-state index in [1.54, 1.807) is 11.8 Å². The van der Waals surface area contributed by atoms with Crippen LogP contribution in [0.5, 0.6) is 0 Å². The van der Waals surface area contributed by atoms with Gasteiger partial charge < -0.3 is 10.6 Å². The molecule has 1 aromatic carbocycles. The lowest BCUT2D eigenvalue weighted by Gasteiger charge is -2.34. The predicted octanol–water partition coefficient (Wildman–Crippen LogP) is 3.20. The lowest BCUT2D eigenvalue weighted by Crippen LogP contribution is -2.44. The molecule has 0 saturated heterocycles. The molecule has 116 valence electrons. The Hall–Kier alpha value is -1.00. The highest BCUT2D eigenvalue weighted by molar-refractivity contribution is 8.00. The second-order valence-electron chi connectivity index (χ2n) is 6.09. The van der Waals surface area contributed by atoms with E-state index in [1.807, 2.05) is 18.9 Å². The van der Waals surface area contributed by atoms with Gasteiger partial charge in [-0.05, 0) is 51.7 Å². The van der Waals surface area contributed by atoms with Crippen LogP contribution in [-0.2, 0) is 4.79 Å². The summed E-state index contributed by atoms with van der Waals surface area (Å²) >= 11 is 1.64. The van der Waals surface area contributed by atoms with Crippen molar-refractivity contribution in [1.82, 2.24) is 4.90 Å². The molecular formula is C17H26N2OS. The average molecular weight is 306 g/mol. The lowest BCUT2D eigenvalue weighted by molar-refractivity contribution is -0.131. The maximum atomic E-state index is 12.6. The first-order valence-corrected chi connectivity index (χ1v) is 8.61. The van der Waals surface area contributed by atoms with Crippen molar-refractivity contribution in [1.29, 1.82) is 0 Å². The number of amides is 1. The van der Waals surface area contributed by atoms with E-state index in [0.717, 1.165) is 30.6 Å². The molecule has 0 radical (unpaired) electrons. The minimum atomic E-state index is -0.0479. The molecule has 1 atom stereocenters. The predicted molar refractivity (Wildman–Crippen MR) is 89.5 cm³/mol. The molecule has 2 N–H and O–H groups in total. The molecule has 0 spiro atoms. The number of nitrogens with two attached hydrogens (primary N) is 1. The van der Waals surface area contributed by atoms with Gasteiger partial charge in [-0.1, -0.05) is 17.7 Å². The number of carbonyl (C=O) groups excluding carboxylic acids is 1. The standard InChI is InChI=1S/C17H26N2OS/c1-12-4-10-16(11-5-12)21-13(2)17(20)19(3)15-8-6-14(18)7-9-15/h4-5,10-11,13-15H,6-9,18H2,1-3H3. The maximum absolute atomic E-state index is 12.6. The summed E-state index contributed by atoms with van der Waals surface area (Å²) in [4.78, 5) is 15.7. The third-order valence-electron chi connectivity index (χ3n) is 4.32. The fraction of sp³-hybridized carbons (Fsp3) is 0.588. The zero-order valence-corrected chi connectivity index (χ0v) is 14.0. The second-order valence-corrected chi connectivity index (χ2v) is 7.51. The molecule has 0 aromatic heterocycles. The smallest absolute Gasteiger partial charge is 0.235 e. The minimum absolute atomic E-state index is 0.0479. The molecule has 3 nitrogen and oxygen atoms in total. The molecule has 0 bridgehead atoms. The summed E-state index contributed by atoms with van der Waals surface area (Å²) in [5.41, 5.74) is 7.18. The highest BCUT2D eigenvalue weighted by atomic mass is 32.2. The molecule has 0 aliphatic heterocycles. The third kappa shape index (κ3) is 4.48. The van der Waals surface area contributed by atoms with Gasteiger partial charge in [-0.2, -0.15) is 0 Å². The number of rotatable bonds is 4. The average Bonchev–Trinajstić information content (AvgIpc) is 2.49. The molecule has 1 saturated carbocycles. The number of benzene rings is 1. The van der Waals surface area contributed by atoms with Crippen LogP contribution < -0.4 is 5.73 Å². The van der Waals surface area contributed by atoms with E-state index < -0.39 is 0 Å². The summed E-state index contributed by atoms with van der Waals surface area (Å²) in [6, 6.07) is 9.03. The Kier molecular flexibility index (Phi) is 5.71. The summed E-state index contributed by atoms with van der Waals surface area (Å²) in [6.07, 6.45) is 4.13.